The number of carbonyl (C=O) groups excluding carboxylic acids is 5. The lowest BCUT2D eigenvalue weighted by atomic mass is 9.86. The van der Waals surface area contributed by atoms with E-state index >= 15 is 0 Å². The number of Topliss-reactive ketones (excluding diaryl/α,β-unsaturated/α-hetero) is 1. The molecule has 2 aromatic carbocycles. The highest BCUT2D eigenvalue weighted by molar-refractivity contribution is 6.39. The lowest BCUT2D eigenvalue weighted by Crippen LogP contribution is -2.46. The normalized spacial score (nSPS) is 12.1. The lowest BCUT2D eigenvalue weighted by molar-refractivity contribution is -0.156. The number of nitrogens with one attached hydrogen (secondary N) is 3. The summed E-state index contributed by atoms with van der Waals surface area (Å²) in [6, 6.07) is 5.24. The summed E-state index contributed by atoms with van der Waals surface area (Å²) in [4.78, 5) is 62.4. The highest BCUT2D eigenvalue weighted by Crippen LogP contribution is 2.29. The molecule has 0 saturated carbocycles. The van der Waals surface area contributed by atoms with Gasteiger partial charge in [-0.25, -0.2) is 8.78 Å². The molecule has 0 radical (unpaired) electrons. The molecule has 3 N–H and O–H groups in total. The molecule has 0 aliphatic heterocycles. The molecular formula is C30H35F4N3O7. The van der Waals surface area contributed by atoms with Gasteiger partial charge in [0, 0.05) is 24.7 Å². The molecule has 10 nitrogen and oxygen atoms in total. The van der Waals surface area contributed by atoms with Crippen molar-refractivity contribution in [1.29, 1.82) is 0 Å². The van der Waals surface area contributed by atoms with E-state index in [9.17, 15) is 41.5 Å². The fourth-order valence-corrected chi connectivity index (χ4v) is 3.78. The van der Waals surface area contributed by atoms with E-state index in [4.69, 9.17) is 4.74 Å². The Kier molecular flexibility index (Phi) is 12.0. The minimum absolute atomic E-state index is 0.0436. The van der Waals surface area contributed by atoms with Gasteiger partial charge in [-0.05, 0) is 37.8 Å². The second-order valence-electron chi connectivity index (χ2n) is 11.7. The second-order valence-corrected chi connectivity index (χ2v) is 11.7. The average molecular weight is 626 g/mol. The molecule has 44 heavy (non-hydrogen) atoms. The number of para-hydroxylation sites is 1. The monoisotopic (exact) mass is 625 g/mol. The summed E-state index contributed by atoms with van der Waals surface area (Å²) in [5, 5.41) is 7.02. The smallest absolute Gasteiger partial charge is 0.313 e. The maximum Gasteiger partial charge on any atom is 0.313 e. The Labute approximate surface area is 251 Å². The maximum absolute atomic E-state index is 13.9. The number of benzene rings is 2. The molecule has 0 aliphatic rings. The number of carbonyl (C=O) groups is 5. The Morgan fingerprint density at radius 1 is 0.864 bits per heavy atom. The first-order valence-electron chi connectivity index (χ1n) is 13.5. The van der Waals surface area contributed by atoms with Crippen LogP contribution < -0.4 is 20.7 Å². The Balaban J connectivity index is 2.03. The summed E-state index contributed by atoms with van der Waals surface area (Å²) in [6.07, 6.45) is -1.18. The Hall–Kier alpha value is -4.49. The molecule has 0 aromatic heterocycles. The highest BCUT2D eigenvalue weighted by Gasteiger charge is 2.29. The Morgan fingerprint density at radius 2 is 1.45 bits per heavy atom. The third-order valence-electron chi connectivity index (χ3n) is 5.77. The van der Waals surface area contributed by atoms with Crippen LogP contribution >= 0.6 is 0 Å². The van der Waals surface area contributed by atoms with Crippen molar-refractivity contribution in [2.24, 2.45) is 0 Å². The number of anilines is 1. The predicted molar refractivity (Wildman–Crippen MR) is 151 cm³/mol. The van der Waals surface area contributed by atoms with Crippen LogP contribution in [0.25, 0.3) is 0 Å². The third-order valence-corrected chi connectivity index (χ3v) is 5.77. The zero-order chi connectivity index (χ0) is 33.4. The van der Waals surface area contributed by atoms with E-state index in [-0.39, 0.29) is 18.0 Å². The van der Waals surface area contributed by atoms with Crippen molar-refractivity contribution in [3.63, 3.8) is 0 Å². The van der Waals surface area contributed by atoms with E-state index in [1.807, 2.05) is 20.8 Å². The molecule has 1 atom stereocenters. The minimum atomic E-state index is -1.88. The first-order valence-corrected chi connectivity index (χ1v) is 13.5. The molecule has 0 aliphatic carbocycles. The van der Waals surface area contributed by atoms with Gasteiger partial charge in [0.15, 0.2) is 23.2 Å². The molecule has 0 saturated heterocycles. The number of ketones is 1. The van der Waals surface area contributed by atoms with Crippen molar-refractivity contribution in [2.75, 3.05) is 18.5 Å². The largest absolute Gasteiger partial charge is 0.479 e. The van der Waals surface area contributed by atoms with E-state index in [0.717, 1.165) is 5.56 Å². The van der Waals surface area contributed by atoms with Crippen molar-refractivity contribution in [3.05, 3.63) is 59.2 Å². The van der Waals surface area contributed by atoms with Crippen LogP contribution in [0.1, 0.15) is 59.9 Å². The number of rotatable bonds is 11. The second kappa shape index (κ2) is 14.8. The van der Waals surface area contributed by atoms with Gasteiger partial charge < -0.3 is 25.4 Å². The highest BCUT2D eigenvalue weighted by atomic mass is 19.2. The molecule has 0 heterocycles. The van der Waals surface area contributed by atoms with Gasteiger partial charge >= 0.3 is 17.8 Å². The Bertz CT molecular complexity index is 1390. The molecule has 0 spiro atoms. The maximum atomic E-state index is 13.9. The van der Waals surface area contributed by atoms with Crippen molar-refractivity contribution in [3.8, 4) is 5.75 Å². The quantitative estimate of drug-likeness (QED) is 0.149. The minimum Gasteiger partial charge on any atom is -0.479 e. The van der Waals surface area contributed by atoms with Gasteiger partial charge in [-0.1, -0.05) is 39.0 Å². The molecule has 3 amide bonds. The van der Waals surface area contributed by atoms with Crippen molar-refractivity contribution < 1.29 is 51.0 Å². The van der Waals surface area contributed by atoms with Crippen LogP contribution in [-0.4, -0.2) is 54.3 Å². The van der Waals surface area contributed by atoms with Crippen molar-refractivity contribution in [1.82, 2.24) is 10.6 Å². The van der Waals surface area contributed by atoms with Gasteiger partial charge in [0.05, 0.1) is 6.42 Å². The molecule has 0 bridgehead atoms. The van der Waals surface area contributed by atoms with E-state index in [1.165, 1.54) is 0 Å². The van der Waals surface area contributed by atoms with Crippen LogP contribution in [0, 0.1) is 23.3 Å². The standard InChI is InChI=1S/C30H35F4N3O7/c1-29(2,3)16-9-7-8-10-19(16)37-28(42)27(41)35-12-11-22(39)36-20(14-23(40)44-30(4,5)6)21(38)15-43-26-24(33)17(31)13-18(32)25(26)34/h7-10,13,20H,11-12,14-15H2,1-6H3,(H,35,41)(H,36,39)(H,37,42). The molecule has 2 aromatic rings. The molecular weight excluding hydrogens is 590 g/mol. The number of amides is 3. The molecule has 240 valence electrons. The zero-order valence-corrected chi connectivity index (χ0v) is 25.2. The summed E-state index contributed by atoms with van der Waals surface area (Å²) in [7, 11) is 0. The summed E-state index contributed by atoms with van der Waals surface area (Å²) < 4.78 is 64.6. The summed E-state index contributed by atoms with van der Waals surface area (Å²) in [5.74, 6) is -13.7. The van der Waals surface area contributed by atoms with Crippen LogP contribution in [0.4, 0.5) is 23.2 Å². The SMILES string of the molecule is CC(C)(C)OC(=O)CC(NC(=O)CCNC(=O)C(=O)Nc1ccccc1C(C)(C)C)C(=O)COc1c(F)c(F)cc(F)c1F. The summed E-state index contributed by atoms with van der Waals surface area (Å²) >= 11 is 0. The number of halogens is 4. The van der Waals surface area contributed by atoms with Gasteiger partial charge in [0.25, 0.3) is 0 Å². The molecule has 2 rings (SSSR count). The predicted octanol–water partition coefficient (Wildman–Crippen LogP) is 3.85. The van der Waals surface area contributed by atoms with E-state index < -0.39 is 89.6 Å². The molecule has 0 fully saturated rings. The van der Waals surface area contributed by atoms with E-state index in [0.29, 0.717) is 5.69 Å². The van der Waals surface area contributed by atoms with Crippen LogP contribution in [0.15, 0.2) is 30.3 Å². The topological polar surface area (TPSA) is 140 Å². The van der Waals surface area contributed by atoms with Gasteiger partial charge in [-0.3, -0.25) is 24.0 Å². The van der Waals surface area contributed by atoms with Crippen LogP contribution in [0.5, 0.6) is 5.75 Å². The van der Waals surface area contributed by atoms with Crippen molar-refractivity contribution in [2.45, 2.75) is 71.4 Å². The fourth-order valence-electron chi connectivity index (χ4n) is 3.78. The number of hydrogen-bond acceptors (Lipinski definition) is 7. The number of esters is 1. The average Bonchev–Trinajstić information content (AvgIpc) is 2.90. The number of ether oxygens (including phenoxy) is 2. The van der Waals surface area contributed by atoms with Gasteiger partial charge in [0.1, 0.15) is 18.2 Å². The molecule has 14 heteroatoms. The third kappa shape index (κ3) is 10.7. The zero-order valence-electron chi connectivity index (χ0n) is 25.2. The summed E-state index contributed by atoms with van der Waals surface area (Å²) in [5.41, 5.74) is -0.0657. The van der Waals surface area contributed by atoms with Crippen LogP contribution in [-0.2, 0) is 34.1 Å². The van der Waals surface area contributed by atoms with Crippen LogP contribution in [0.2, 0.25) is 0 Å². The summed E-state index contributed by atoms with van der Waals surface area (Å²) in [6.45, 7) is 8.92. The fraction of sp³-hybridized carbons (Fsp3) is 0.433. The first kappa shape index (κ1) is 35.7. The lowest BCUT2D eigenvalue weighted by Gasteiger charge is -2.23. The van der Waals surface area contributed by atoms with Gasteiger partial charge in [-0.15, -0.1) is 0 Å². The first-order chi connectivity index (χ1) is 20.3. The van der Waals surface area contributed by atoms with Gasteiger partial charge in [0.2, 0.25) is 17.5 Å². The Morgan fingerprint density at radius 3 is 2.02 bits per heavy atom. The van der Waals surface area contributed by atoms with E-state index in [1.54, 1.807) is 45.0 Å². The number of hydrogen-bond donors (Lipinski definition) is 3. The van der Waals surface area contributed by atoms with Crippen molar-refractivity contribution >= 4 is 35.2 Å². The molecule has 1 unspecified atom stereocenters. The van der Waals surface area contributed by atoms with E-state index in [2.05, 4.69) is 20.7 Å². The van der Waals surface area contributed by atoms with Crippen LogP contribution in [0.3, 0.4) is 0 Å². The van der Waals surface area contributed by atoms with Gasteiger partial charge in [-0.2, -0.15) is 8.78 Å².